The molecule has 194 valence electrons. The average Bonchev–Trinajstić information content (AvgIpc) is 3.42. The zero-order valence-corrected chi connectivity index (χ0v) is 22.4. The average molecular weight is 535 g/mol. The molecule has 0 amide bonds. The van der Waals surface area contributed by atoms with Crippen molar-refractivity contribution in [3.05, 3.63) is 130 Å². The van der Waals surface area contributed by atoms with Gasteiger partial charge in [0.05, 0.1) is 17.3 Å². The van der Waals surface area contributed by atoms with Gasteiger partial charge in [-0.1, -0.05) is 60.7 Å². The number of carbonyl (C=O) groups excluding carboxylic acids is 1. The number of Topliss-reactive ketones (excluding diaryl/α,β-unsaturated/α-hetero) is 1. The largest absolute Gasteiger partial charge is 0.489 e. The van der Waals surface area contributed by atoms with E-state index in [1.54, 1.807) is 24.3 Å². The maximum atomic E-state index is 13.9. The van der Waals surface area contributed by atoms with E-state index in [-0.39, 0.29) is 23.4 Å². The number of ether oxygens (including phenoxy) is 1. The van der Waals surface area contributed by atoms with E-state index in [9.17, 15) is 14.7 Å². The highest BCUT2D eigenvalue weighted by atomic mass is 32.1. The summed E-state index contributed by atoms with van der Waals surface area (Å²) in [5, 5.41) is 10.4. The van der Waals surface area contributed by atoms with Gasteiger partial charge < -0.3 is 9.84 Å². The first-order valence-electron chi connectivity index (χ1n) is 12.5. The van der Waals surface area contributed by atoms with Crippen LogP contribution in [0.2, 0.25) is 0 Å². The van der Waals surface area contributed by atoms with E-state index in [1.807, 2.05) is 80.6 Å². The molecule has 0 fully saturated rings. The highest BCUT2D eigenvalue weighted by Gasteiger charge is 2.24. The van der Waals surface area contributed by atoms with Crippen LogP contribution in [0, 0.1) is 13.8 Å². The van der Waals surface area contributed by atoms with Crippen LogP contribution in [0.3, 0.4) is 0 Å². The van der Waals surface area contributed by atoms with E-state index in [4.69, 9.17) is 4.74 Å². The summed E-state index contributed by atoms with van der Waals surface area (Å²) in [7, 11) is 0. The molecule has 0 aliphatic heterocycles. The van der Waals surface area contributed by atoms with Crippen LogP contribution in [0.15, 0.2) is 96.6 Å². The minimum atomic E-state index is -1.17. The van der Waals surface area contributed by atoms with E-state index in [1.165, 1.54) is 0 Å². The lowest BCUT2D eigenvalue weighted by Crippen LogP contribution is -2.14. The Bertz CT molecular complexity index is 1690. The number of aryl methyl sites for hydroxylation is 2. The Labute approximate surface area is 230 Å². The predicted molar refractivity (Wildman–Crippen MR) is 153 cm³/mol. The number of rotatable bonds is 9. The number of hydrogen-bond acceptors (Lipinski definition) is 6. The molecular weight excluding hydrogens is 508 g/mol. The third kappa shape index (κ3) is 5.94. The van der Waals surface area contributed by atoms with Crippen LogP contribution in [0.1, 0.15) is 38.2 Å². The fourth-order valence-corrected chi connectivity index (χ4v) is 4.87. The van der Waals surface area contributed by atoms with Gasteiger partial charge in [0.1, 0.15) is 23.4 Å². The first-order chi connectivity index (χ1) is 18.9. The smallest absolute Gasteiger partial charge is 0.336 e. The molecule has 0 radical (unpaired) electrons. The normalized spacial score (nSPS) is 11.7. The number of carbonyl (C=O) groups is 2. The van der Waals surface area contributed by atoms with Crippen LogP contribution in [0.25, 0.3) is 16.6 Å². The molecule has 6 nitrogen and oxygen atoms in total. The van der Waals surface area contributed by atoms with Crippen molar-refractivity contribution in [2.24, 2.45) is 0 Å². The van der Waals surface area contributed by atoms with E-state index in [0.717, 1.165) is 34.0 Å². The number of ketones is 1. The molecule has 1 aromatic heterocycles. The lowest BCUT2D eigenvalue weighted by Gasteiger charge is -2.14. The fraction of sp³-hybridized carbons (Fsp3) is 0.125. The van der Waals surface area contributed by atoms with Gasteiger partial charge in [0.15, 0.2) is 5.78 Å². The van der Waals surface area contributed by atoms with Crippen molar-refractivity contribution in [3.63, 3.8) is 0 Å². The van der Waals surface area contributed by atoms with Crippen LogP contribution in [0.4, 0.5) is 0 Å². The van der Waals surface area contributed by atoms with E-state index in [2.05, 4.69) is 8.75 Å². The molecule has 0 aliphatic carbocycles. The first kappa shape index (κ1) is 26.0. The van der Waals surface area contributed by atoms with Crippen LogP contribution in [0.5, 0.6) is 5.75 Å². The molecule has 1 N–H and O–H groups in total. The summed E-state index contributed by atoms with van der Waals surface area (Å²) in [4.78, 5) is 26.6. The molecule has 0 spiro atoms. The summed E-state index contributed by atoms with van der Waals surface area (Å²) in [6.45, 7) is 4.35. The van der Waals surface area contributed by atoms with Crippen molar-refractivity contribution >= 4 is 40.1 Å². The molecule has 7 heteroatoms. The summed E-state index contributed by atoms with van der Waals surface area (Å²) in [6, 6.07) is 27.8. The maximum Gasteiger partial charge on any atom is 0.336 e. The minimum absolute atomic E-state index is 0.0440. The van der Waals surface area contributed by atoms with E-state index in [0.29, 0.717) is 34.5 Å². The lowest BCUT2D eigenvalue weighted by molar-refractivity contribution is -0.130. The number of carboxylic acids is 1. The Kier molecular flexibility index (Phi) is 7.61. The third-order valence-corrected chi connectivity index (χ3v) is 7.21. The van der Waals surface area contributed by atoms with Gasteiger partial charge in [-0.05, 0) is 72.0 Å². The second kappa shape index (κ2) is 11.4. The maximum absolute atomic E-state index is 13.9. The number of hydrogen-bond donors (Lipinski definition) is 1. The van der Waals surface area contributed by atoms with Crippen LogP contribution in [-0.2, 0) is 17.8 Å². The van der Waals surface area contributed by atoms with Crippen molar-refractivity contribution in [2.45, 2.75) is 26.9 Å². The van der Waals surface area contributed by atoms with Crippen molar-refractivity contribution in [3.8, 4) is 5.75 Å². The summed E-state index contributed by atoms with van der Waals surface area (Å²) in [5.41, 5.74) is 6.17. The monoisotopic (exact) mass is 534 g/mol. The number of benzene rings is 4. The summed E-state index contributed by atoms with van der Waals surface area (Å²) in [5.74, 6) is -0.808. The Hall–Kier alpha value is -4.62. The molecule has 4 aromatic carbocycles. The van der Waals surface area contributed by atoms with Gasteiger partial charge >= 0.3 is 5.97 Å². The van der Waals surface area contributed by atoms with E-state index < -0.39 is 5.97 Å². The highest BCUT2D eigenvalue weighted by Crippen LogP contribution is 2.29. The predicted octanol–water partition coefficient (Wildman–Crippen LogP) is 6.85. The lowest BCUT2D eigenvalue weighted by atomic mass is 9.88. The molecule has 0 saturated carbocycles. The van der Waals surface area contributed by atoms with Crippen LogP contribution in [-0.4, -0.2) is 25.6 Å². The Morgan fingerprint density at radius 1 is 0.769 bits per heavy atom. The zero-order chi connectivity index (χ0) is 27.4. The fourth-order valence-electron chi connectivity index (χ4n) is 4.35. The Morgan fingerprint density at radius 2 is 1.49 bits per heavy atom. The second-order valence-corrected chi connectivity index (χ2v) is 9.88. The third-order valence-electron chi connectivity index (χ3n) is 6.65. The summed E-state index contributed by atoms with van der Waals surface area (Å²) in [6.07, 6.45) is 0.139. The van der Waals surface area contributed by atoms with Gasteiger partial charge in [-0.3, -0.25) is 4.79 Å². The summed E-state index contributed by atoms with van der Waals surface area (Å²) >= 11 is 1.06. The molecule has 1 heterocycles. The molecule has 0 unspecified atom stereocenters. The quantitative estimate of drug-likeness (QED) is 0.164. The molecule has 0 aliphatic rings. The summed E-state index contributed by atoms with van der Waals surface area (Å²) < 4.78 is 14.4. The molecule has 0 atom stereocenters. The zero-order valence-electron chi connectivity index (χ0n) is 21.5. The first-order valence-corrected chi connectivity index (χ1v) is 13.2. The molecule has 0 saturated heterocycles. The Morgan fingerprint density at radius 3 is 2.21 bits per heavy atom. The van der Waals surface area contributed by atoms with Gasteiger partial charge in [0, 0.05) is 17.6 Å². The number of carboxylic acid groups (broad SMARTS) is 1. The number of fused-ring (bicyclic) bond motifs is 1. The minimum Gasteiger partial charge on any atom is -0.489 e. The SMILES string of the molecule is Cc1ccc(C(=O)C(Cc2ccc(OCc3ccccc3)cc2)=C(C(=O)O)c2ccc3nsnc3c2)cc1C. The molecule has 5 aromatic rings. The van der Waals surface area contributed by atoms with Crippen molar-refractivity contribution in [1.29, 1.82) is 0 Å². The van der Waals surface area contributed by atoms with Gasteiger partial charge in [0.2, 0.25) is 0 Å². The van der Waals surface area contributed by atoms with Gasteiger partial charge in [-0.25, -0.2) is 4.79 Å². The molecule has 0 bridgehead atoms. The molecule has 5 rings (SSSR count). The van der Waals surface area contributed by atoms with Gasteiger partial charge in [-0.2, -0.15) is 8.75 Å². The van der Waals surface area contributed by atoms with Crippen LogP contribution < -0.4 is 4.74 Å². The number of allylic oxidation sites excluding steroid dienone is 1. The topological polar surface area (TPSA) is 89.4 Å². The molecular formula is C32H26N2O4S. The Balaban J connectivity index is 1.52. The number of aromatic nitrogens is 2. The highest BCUT2D eigenvalue weighted by molar-refractivity contribution is 7.00. The van der Waals surface area contributed by atoms with Gasteiger partial charge in [-0.15, -0.1) is 0 Å². The number of aliphatic carboxylic acids is 1. The van der Waals surface area contributed by atoms with Crippen molar-refractivity contribution < 1.29 is 19.4 Å². The molecule has 39 heavy (non-hydrogen) atoms. The number of nitrogens with zero attached hydrogens (tertiary/aromatic N) is 2. The second-order valence-electron chi connectivity index (χ2n) is 9.35. The van der Waals surface area contributed by atoms with Crippen LogP contribution >= 0.6 is 11.7 Å². The van der Waals surface area contributed by atoms with Gasteiger partial charge in [0.25, 0.3) is 0 Å². The van der Waals surface area contributed by atoms with Crippen molar-refractivity contribution in [1.82, 2.24) is 8.75 Å². The van der Waals surface area contributed by atoms with E-state index >= 15 is 0 Å². The standard InChI is InChI=1S/C32H26N2O4S/c1-20-8-11-25(16-21(20)2)31(35)27(30(32(36)37)24-12-15-28-29(18-24)34-39-33-28)17-22-9-13-26(14-10-22)38-19-23-6-4-3-5-7-23/h3-16,18H,17,19H2,1-2H3,(H,36,37). The van der Waals surface area contributed by atoms with Crippen molar-refractivity contribution in [2.75, 3.05) is 0 Å².